The summed E-state index contributed by atoms with van der Waals surface area (Å²) in [5.74, 6) is 0. The van der Waals surface area contributed by atoms with Gasteiger partial charge in [-0.2, -0.15) is 0 Å². The number of rotatable bonds is 3. The third-order valence-electron chi connectivity index (χ3n) is 9.24. The number of aromatic nitrogens is 1. The fourth-order valence-corrected chi connectivity index (χ4v) is 7.12. The van der Waals surface area contributed by atoms with Crippen LogP contribution in [-0.2, 0) is 0 Å². The summed E-state index contributed by atoms with van der Waals surface area (Å²) in [5, 5.41) is 6.98. The maximum Gasteiger partial charge on any atom is 0.160 e. The predicted molar refractivity (Wildman–Crippen MR) is 186 cm³/mol. The van der Waals surface area contributed by atoms with E-state index in [2.05, 4.69) is 132 Å². The highest BCUT2D eigenvalue weighted by Crippen LogP contribution is 2.41. The van der Waals surface area contributed by atoms with Gasteiger partial charge in [-0.3, -0.25) is 0 Å². The first-order chi connectivity index (χ1) is 22.3. The lowest BCUT2D eigenvalue weighted by atomic mass is 9.98. The van der Waals surface area contributed by atoms with Gasteiger partial charge in [-0.15, -0.1) is 0 Å². The minimum absolute atomic E-state index is 0.909. The Bertz CT molecular complexity index is 2740. The van der Waals surface area contributed by atoms with Crippen molar-refractivity contribution in [2.45, 2.75) is 0 Å². The van der Waals surface area contributed by atoms with Crippen LogP contribution in [0.25, 0.3) is 93.6 Å². The predicted octanol–water partition coefficient (Wildman–Crippen LogP) is 11.9. The summed E-state index contributed by atoms with van der Waals surface area (Å²) in [5.41, 5.74) is 11.6. The molecule has 210 valence electrons. The fraction of sp³-hybridized carbons (Fsp3) is 0. The quantitative estimate of drug-likeness (QED) is 0.210. The Morgan fingerprint density at radius 1 is 0.356 bits per heavy atom. The highest BCUT2D eigenvalue weighted by molar-refractivity contribution is 6.21. The van der Waals surface area contributed by atoms with Crippen LogP contribution < -0.4 is 0 Å². The SMILES string of the molecule is c1ccc2c(c1)oc1c(-c3ccc(-c4ccc(-n5c6ccccc6c6ccc7c8ccccc8oc7c65)cc4)cc3)cccc12. The lowest BCUT2D eigenvalue weighted by Gasteiger charge is -2.10. The van der Waals surface area contributed by atoms with Crippen molar-refractivity contribution < 1.29 is 8.83 Å². The van der Waals surface area contributed by atoms with Gasteiger partial charge in [-0.05, 0) is 53.1 Å². The molecule has 10 rings (SSSR count). The number of hydrogen-bond acceptors (Lipinski definition) is 2. The van der Waals surface area contributed by atoms with Gasteiger partial charge in [0.2, 0.25) is 0 Å². The van der Waals surface area contributed by atoms with E-state index >= 15 is 0 Å². The van der Waals surface area contributed by atoms with Gasteiger partial charge in [0.25, 0.3) is 0 Å². The number of hydrogen-bond donors (Lipinski definition) is 0. The number of fused-ring (bicyclic) bond motifs is 10. The van der Waals surface area contributed by atoms with Crippen LogP contribution in [0.15, 0.2) is 160 Å². The lowest BCUT2D eigenvalue weighted by molar-refractivity contribution is 0.670. The first-order valence-electron chi connectivity index (χ1n) is 15.3. The fourth-order valence-electron chi connectivity index (χ4n) is 7.12. The summed E-state index contributed by atoms with van der Waals surface area (Å²) < 4.78 is 15.2. The lowest BCUT2D eigenvalue weighted by Crippen LogP contribution is -1.94. The zero-order valence-electron chi connectivity index (χ0n) is 24.2. The Morgan fingerprint density at radius 2 is 0.889 bits per heavy atom. The van der Waals surface area contributed by atoms with Crippen LogP contribution in [-0.4, -0.2) is 4.57 Å². The van der Waals surface area contributed by atoms with Crippen molar-refractivity contribution in [3.05, 3.63) is 152 Å². The van der Waals surface area contributed by atoms with E-state index in [0.29, 0.717) is 0 Å². The molecule has 3 aromatic heterocycles. The molecule has 3 heterocycles. The zero-order chi connectivity index (χ0) is 29.5. The van der Waals surface area contributed by atoms with Gasteiger partial charge >= 0.3 is 0 Å². The minimum Gasteiger partial charge on any atom is -0.455 e. The maximum atomic E-state index is 6.51. The third-order valence-corrected chi connectivity index (χ3v) is 9.24. The molecule has 0 radical (unpaired) electrons. The van der Waals surface area contributed by atoms with Gasteiger partial charge in [-0.25, -0.2) is 0 Å². The second-order valence-electron chi connectivity index (χ2n) is 11.7. The van der Waals surface area contributed by atoms with E-state index in [1.165, 1.54) is 21.9 Å². The molecule has 0 fully saturated rings. The first-order valence-corrected chi connectivity index (χ1v) is 15.3. The van der Waals surface area contributed by atoms with E-state index in [4.69, 9.17) is 8.83 Å². The third kappa shape index (κ3) is 3.52. The van der Waals surface area contributed by atoms with Crippen molar-refractivity contribution in [1.82, 2.24) is 4.57 Å². The number of nitrogens with zero attached hydrogens (tertiary/aromatic N) is 1. The van der Waals surface area contributed by atoms with Crippen LogP contribution in [0.2, 0.25) is 0 Å². The number of benzene rings is 7. The van der Waals surface area contributed by atoms with Gasteiger partial charge in [0.05, 0.1) is 11.0 Å². The average molecular weight is 576 g/mol. The molecule has 10 aromatic rings. The molecular formula is C42H25NO2. The molecule has 0 aliphatic heterocycles. The maximum absolute atomic E-state index is 6.51. The van der Waals surface area contributed by atoms with Crippen LogP contribution in [0.3, 0.4) is 0 Å². The molecule has 0 amide bonds. The molecular weight excluding hydrogens is 550 g/mol. The summed E-state index contributed by atoms with van der Waals surface area (Å²) in [4.78, 5) is 0. The topological polar surface area (TPSA) is 31.2 Å². The Balaban J connectivity index is 1.08. The second-order valence-corrected chi connectivity index (χ2v) is 11.7. The Kier molecular flexibility index (Phi) is 5.00. The van der Waals surface area contributed by atoms with Gasteiger partial charge in [-0.1, -0.05) is 115 Å². The molecule has 0 bridgehead atoms. The van der Waals surface area contributed by atoms with Crippen LogP contribution in [0, 0.1) is 0 Å². The van der Waals surface area contributed by atoms with Crippen molar-refractivity contribution in [1.29, 1.82) is 0 Å². The van der Waals surface area contributed by atoms with E-state index < -0.39 is 0 Å². The monoisotopic (exact) mass is 575 g/mol. The summed E-state index contributed by atoms with van der Waals surface area (Å²) >= 11 is 0. The van der Waals surface area contributed by atoms with Gasteiger partial charge < -0.3 is 13.4 Å². The van der Waals surface area contributed by atoms with E-state index in [1.807, 2.05) is 24.3 Å². The van der Waals surface area contributed by atoms with Gasteiger partial charge in [0.1, 0.15) is 16.7 Å². The molecule has 0 atom stereocenters. The highest BCUT2D eigenvalue weighted by atomic mass is 16.3. The zero-order valence-corrected chi connectivity index (χ0v) is 24.2. The summed E-state index contributed by atoms with van der Waals surface area (Å²) in [7, 11) is 0. The molecule has 0 N–H and O–H groups in total. The standard InChI is InChI=1S/C42H25NO2/c1-4-13-37-31(8-1)34-24-25-36-33-10-3-6-15-39(33)45-42(36)40(34)43(37)29-22-20-27(21-23-29)26-16-18-28(19-17-26)30-11-7-12-35-32-9-2-5-14-38(32)44-41(30)35/h1-25H. The number of para-hydroxylation sites is 4. The minimum atomic E-state index is 0.909. The van der Waals surface area contributed by atoms with Crippen molar-refractivity contribution >= 4 is 65.7 Å². The first kappa shape index (κ1) is 24.4. The summed E-state index contributed by atoms with van der Waals surface area (Å²) in [6.07, 6.45) is 0. The van der Waals surface area contributed by atoms with Crippen molar-refractivity contribution in [3.63, 3.8) is 0 Å². The molecule has 0 saturated carbocycles. The number of furan rings is 2. The van der Waals surface area contributed by atoms with Crippen LogP contribution in [0.4, 0.5) is 0 Å². The average Bonchev–Trinajstić information content (AvgIpc) is 3.78. The van der Waals surface area contributed by atoms with Crippen LogP contribution in [0.5, 0.6) is 0 Å². The van der Waals surface area contributed by atoms with E-state index in [0.717, 1.165) is 71.7 Å². The van der Waals surface area contributed by atoms with Crippen LogP contribution in [0.1, 0.15) is 0 Å². The Morgan fingerprint density at radius 3 is 1.62 bits per heavy atom. The second kappa shape index (κ2) is 9.22. The van der Waals surface area contributed by atoms with Crippen molar-refractivity contribution in [3.8, 4) is 27.9 Å². The van der Waals surface area contributed by atoms with Gasteiger partial charge in [0.15, 0.2) is 5.58 Å². The van der Waals surface area contributed by atoms with Crippen molar-refractivity contribution in [2.75, 3.05) is 0 Å². The summed E-state index contributed by atoms with van der Waals surface area (Å²) in [6, 6.07) is 53.6. The van der Waals surface area contributed by atoms with Crippen molar-refractivity contribution in [2.24, 2.45) is 0 Å². The molecule has 7 aromatic carbocycles. The normalized spacial score (nSPS) is 12.0. The smallest absolute Gasteiger partial charge is 0.160 e. The molecule has 0 spiro atoms. The molecule has 3 heteroatoms. The highest BCUT2D eigenvalue weighted by Gasteiger charge is 2.19. The summed E-state index contributed by atoms with van der Waals surface area (Å²) in [6.45, 7) is 0. The molecule has 3 nitrogen and oxygen atoms in total. The Labute approximate surface area is 258 Å². The van der Waals surface area contributed by atoms with Gasteiger partial charge in [0, 0.05) is 43.6 Å². The van der Waals surface area contributed by atoms with E-state index in [-0.39, 0.29) is 0 Å². The molecule has 0 saturated heterocycles. The van der Waals surface area contributed by atoms with Crippen LogP contribution >= 0.6 is 0 Å². The van der Waals surface area contributed by atoms with E-state index in [1.54, 1.807) is 0 Å². The molecule has 45 heavy (non-hydrogen) atoms. The van der Waals surface area contributed by atoms with E-state index in [9.17, 15) is 0 Å². The Hall–Kier alpha value is -6.06. The molecule has 0 aliphatic carbocycles. The molecule has 0 aliphatic rings. The largest absolute Gasteiger partial charge is 0.455 e. The molecule has 0 unspecified atom stereocenters.